The summed E-state index contributed by atoms with van der Waals surface area (Å²) in [7, 11) is 0. The fourth-order valence-electron chi connectivity index (χ4n) is 3.64. The average Bonchev–Trinajstić information content (AvgIpc) is 3.07. The van der Waals surface area contributed by atoms with Crippen LogP contribution in [-0.2, 0) is 20.8 Å². The minimum absolute atomic E-state index is 0.0586. The molecule has 1 N–H and O–H groups in total. The number of amides is 1. The van der Waals surface area contributed by atoms with E-state index in [1.165, 1.54) is 0 Å². The molecule has 2 aliphatic rings. The van der Waals surface area contributed by atoms with Crippen molar-refractivity contribution in [3.05, 3.63) is 42.0 Å². The molecule has 0 aliphatic carbocycles. The Balaban J connectivity index is 1.47. The molecule has 0 radical (unpaired) electrons. The van der Waals surface area contributed by atoms with Crippen molar-refractivity contribution in [3.63, 3.8) is 0 Å². The van der Waals surface area contributed by atoms with Crippen LogP contribution >= 0.6 is 11.3 Å². The number of ether oxygens (including phenoxy) is 3. The van der Waals surface area contributed by atoms with Crippen LogP contribution in [0.1, 0.15) is 5.56 Å². The molecule has 1 saturated heterocycles. The lowest BCUT2D eigenvalue weighted by Crippen LogP contribution is -2.45. The number of phenols is 1. The second-order valence-electron chi connectivity index (χ2n) is 7.01. The molecule has 150 valence electrons. The molecular formula is C21H20N2O5S. The maximum Gasteiger partial charge on any atom is 0.254 e. The molecule has 3 aromatic rings. The van der Waals surface area contributed by atoms with Crippen LogP contribution in [0.25, 0.3) is 20.8 Å². The van der Waals surface area contributed by atoms with Crippen LogP contribution in [0.4, 0.5) is 0 Å². The number of para-hydroxylation sites is 1. The van der Waals surface area contributed by atoms with E-state index in [0.717, 1.165) is 26.4 Å². The van der Waals surface area contributed by atoms with Crippen molar-refractivity contribution >= 4 is 27.5 Å². The standard InChI is InChI=1S/C21H20N2O5S/c24-16-10-13(20-22-15-3-1-2-4-18(15)29-20)9-14-11-23(5-6-28-19(14)16)21(25)17-12-26-7-8-27-17/h1-4,9-10,17,24H,5-8,11-12H2/t17-/m0/s1. The van der Waals surface area contributed by atoms with Gasteiger partial charge in [-0.2, -0.15) is 0 Å². The zero-order valence-corrected chi connectivity index (χ0v) is 16.5. The molecule has 2 aromatic carbocycles. The highest BCUT2D eigenvalue weighted by Gasteiger charge is 2.30. The van der Waals surface area contributed by atoms with Crippen molar-refractivity contribution in [2.24, 2.45) is 0 Å². The Bertz CT molecular complexity index is 1030. The molecule has 0 unspecified atom stereocenters. The van der Waals surface area contributed by atoms with Crippen molar-refractivity contribution < 1.29 is 24.1 Å². The fraction of sp³-hybridized carbons (Fsp3) is 0.333. The average molecular weight is 412 g/mol. The van der Waals surface area contributed by atoms with E-state index >= 15 is 0 Å². The third-order valence-corrected chi connectivity index (χ3v) is 6.14. The van der Waals surface area contributed by atoms with E-state index in [2.05, 4.69) is 4.98 Å². The molecule has 7 nitrogen and oxygen atoms in total. The molecule has 1 fully saturated rings. The number of thiazole rings is 1. The zero-order valence-electron chi connectivity index (χ0n) is 15.7. The SMILES string of the molecule is O=C([C@@H]1COCCO1)N1CCOc2c(O)cc(-c3nc4ccccc4s3)cc2C1. The molecule has 0 bridgehead atoms. The van der Waals surface area contributed by atoms with Gasteiger partial charge in [0.2, 0.25) is 0 Å². The van der Waals surface area contributed by atoms with Crippen LogP contribution in [0, 0.1) is 0 Å². The topological polar surface area (TPSA) is 81.1 Å². The minimum Gasteiger partial charge on any atom is -0.504 e. The number of nitrogens with zero attached hydrogens (tertiary/aromatic N) is 2. The highest BCUT2D eigenvalue weighted by Crippen LogP contribution is 2.39. The van der Waals surface area contributed by atoms with Crippen LogP contribution in [-0.4, -0.2) is 60.0 Å². The van der Waals surface area contributed by atoms with Crippen LogP contribution < -0.4 is 4.74 Å². The first-order valence-corrected chi connectivity index (χ1v) is 10.3. The lowest BCUT2D eigenvalue weighted by atomic mass is 10.1. The molecule has 5 rings (SSSR count). The molecule has 0 saturated carbocycles. The molecule has 3 heterocycles. The fourth-order valence-corrected chi connectivity index (χ4v) is 4.59. The van der Waals surface area contributed by atoms with Crippen molar-refractivity contribution in [2.45, 2.75) is 12.6 Å². The Morgan fingerprint density at radius 3 is 2.93 bits per heavy atom. The second kappa shape index (κ2) is 7.62. The van der Waals surface area contributed by atoms with Gasteiger partial charge in [-0.25, -0.2) is 4.98 Å². The lowest BCUT2D eigenvalue weighted by Gasteiger charge is -2.28. The van der Waals surface area contributed by atoms with Gasteiger partial charge in [-0.3, -0.25) is 4.79 Å². The third kappa shape index (κ3) is 3.55. The summed E-state index contributed by atoms with van der Waals surface area (Å²) in [6, 6.07) is 11.5. The molecule has 1 amide bonds. The summed E-state index contributed by atoms with van der Waals surface area (Å²) < 4.78 is 17.8. The molecule has 2 aliphatic heterocycles. The Morgan fingerprint density at radius 1 is 1.21 bits per heavy atom. The van der Waals surface area contributed by atoms with E-state index in [4.69, 9.17) is 14.2 Å². The number of aromatic hydroxyl groups is 1. The number of phenolic OH excluding ortho intramolecular Hbond substituents is 1. The van der Waals surface area contributed by atoms with Gasteiger partial charge in [0.05, 0.1) is 36.6 Å². The number of hydrogen-bond donors (Lipinski definition) is 1. The Morgan fingerprint density at radius 2 is 2.10 bits per heavy atom. The first-order chi connectivity index (χ1) is 14.2. The smallest absolute Gasteiger partial charge is 0.254 e. The van der Waals surface area contributed by atoms with E-state index in [1.807, 2.05) is 30.3 Å². The number of carbonyl (C=O) groups is 1. The van der Waals surface area contributed by atoms with Gasteiger partial charge in [0, 0.05) is 17.7 Å². The summed E-state index contributed by atoms with van der Waals surface area (Å²) in [5.74, 6) is 0.361. The maximum atomic E-state index is 12.9. The minimum atomic E-state index is -0.591. The molecule has 29 heavy (non-hydrogen) atoms. The Hall–Kier alpha value is -2.68. The second-order valence-corrected chi connectivity index (χ2v) is 8.04. The Labute approximate surface area is 171 Å². The number of rotatable bonds is 2. The van der Waals surface area contributed by atoms with Gasteiger partial charge in [0.15, 0.2) is 17.6 Å². The van der Waals surface area contributed by atoms with Crippen LogP contribution in [0.2, 0.25) is 0 Å². The van der Waals surface area contributed by atoms with Gasteiger partial charge in [-0.15, -0.1) is 11.3 Å². The lowest BCUT2D eigenvalue weighted by molar-refractivity contribution is -0.158. The number of benzene rings is 2. The molecule has 1 atom stereocenters. The quantitative estimate of drug-likeness (QED) is 0.697. The predicted molar refractivity (Wildman–Crippen MR) is 108 cm³/mol. The van der Waals surface area contributed by atoms with E-state index in [0.29, 0.717) is 38.7 Å². The van der Waals surface area contributed by atoms with Crippen molar-refractivity contribution in [1.82, 2.24) is 9.88 Å². The van der Waals surface area contributed by atoms with Gasteiger partial charge >= 0.3 is 0 Å². The number of hydrogen-bond acceptors (Lipinski definition) is 7. The van der Waals surface area contributed by atoms with E-state index in [-0.39, 0.29) is 18.3 Å². The highest BCUT2D eigenvalue weighted by atomic mass is 32.1. The highest BCUT2D eigenvalue weighted by molar-refractivity contribution is 7.21. The summed E-state index contributed by atoms with van der Waals surface area (Å²) in [4.78, 5) is 19.2. The summed E-state index contributed by atoms with van der Waals surface area (Å²) in [6.45, 7) is 2.25. The first-order valence-electron chi connectivity index (χ1n) is 9.52. The summed E-state index contributed by atoms with van der Waals surface area (Å²) in [5.41, 5.74) is 2.48. The molecule has 1 aromatic heterocycles. The van der Waals surface area contributed by atoms with Crippen molar-refractivity contribution in [1.29, 1.82) is 0 Å². The summed E-state index contributed by atoms with van der Waals surface area (Å²) in [5, 5.41) is 11.4. The molecule has 8 heteroatoms. The number of fused-ring (bicyclic) bond motifs is 2. The number of carbonyl (C=O) groups excluding carboxylic acids is 1. The predicted octanol–water partition coefficient (Wildman–Crippen LogP) is 2.81. The number of aromatic nitrogens is 1. The monoisotopic (exact) mass is 412 g/mol. The van der Waals surface area contributed by atoms with E-state index in [1.54, 1.807) is 22.3 Å². The van der Waals surface area contributed by atoms with Gasteiger partial charge in [0.1, 0.15) is 11.6 Å². The van der Waals surface area contributed by atoms with E-state index in [9.17, 15) is 9.90 Å². The van der Waals surface area contributed by atoms with Crippen molar-refractivity contribution in [2.75, 3.05) is 33.0 Å². The van der Waals surface area contributed by atoms with Gasteiger partial charge in [-0.1, -0.05) is 12.1 Å². The molecular weight excluding hydrogens is 392 g/mol. The first kappa shape index (κ1) is 18.4. The summed E-state index contributed by atoms with van der Waals surface area (Å²) >= 11 is 1.56. The van der Waals surface area contributed by atoms with Crippen LogP contribution in [0.5, 0.6) is 11.5 Å². The Kier molecular flexibility index (Phi) is 4.83. The van der Waals surface area contributed by atoms with Gasteiger partial charge < -0.3 is 24.2 Å². The normalized spacial score (nSPS) is 19.4. The largest absolute Gasteiger partial charge is 0.504 e. The van der Waals surface area contributed by atoms with E-state index < -0.39 is 6.10 Å². The van der Waals surface area contributed by atoms with Gasteiger partial charge in [-0.05, 0) is 24.3 Å². The third-order valence-electron chi connectivity index (χ3n) is 5.06. The van der Waals surface area contributed by atoms with Crippen LogP contribution in [0.15, 0.2) is 36.4 Å². The molecule has 0 spiro atoms. The maximum absolute atomic E-state index is 12.9. The summed E-state index contributed by atoms with van der Waals surface area (Å²) in [6.07, 6.45) is -0.591. The van der Waals surface area contributed by atoms with Gasteiger partial charge in [0.25, 0.3) is 5.91 Å². The van der Waals surface area contributed by atoms with Crippen molar-refractivity contribution in [3.8, 4) is 22.1 Å². The zero-order chi connectivity index (χ0) is 19.8. The van der Waals surface area contributed by atoms with Crippen LogP contribution in [0.3, 0.4) is 0 Å².